The second-order valence-electron chi connectivity index (χ2n) is 3.77. The third kappa shape index (κ3) is 5.29. The summed E-state index contributed by atoms with van der Waals surface area (Å²) in [5, 5.41) is 3.38. The van der Waals surface area contributed by atoms with Crippen LogP contribution in [-0.4, -0.2) is 25.9 Å². The molecule has 0 amide bonds. The number of nitrogens with one attached hydrogen (secondary N) is 1. The summed E-state index contributed by atoms with van der Waals surface area (Å²) in [6, 6.07) is 6.10. The molecule has 7 nitrogen and oxygen atoms in total. The maximum atomic E-state index is 11.8. The van der Waals surface area contributed by atoms with E-state index in [1.54, 1.807) is 12.1 Å². The van der Waals surface area contributed by atoms with Gasteiger partial charge >= 0.3 is 37.2 Å². The van der Waals surface area contributed by atoms with Gasteiger partial charge in [-0.05, 0) is 26.0 Å². The van der Waals surface area contributed by atoms with Crippen molar-refractivity contribution in [1.29, 1.82) is 0 Å². The van der Waals surface area contributed by atoms with Gasteiger partial charge in [0, 0.05) is 7.11 Å². The van der Waals surface area contributed by atoms with Gasteiger partial charge in [0.05, 0.1) is 4.90 Å². The Kier molecular flexibility index (Phi) is 7.62. The zero-order chi connectivity index (χ0) is 14.7. The molecule has 1 rings (SSSR count). The molecule has 0 heterocycles. The predicted octanol–water partition coefficient (Wildman–Crippen LogP) is -1.56. The minimum Gasteiger partial charge on any atom is -0.320 e. The van der Waals surface area contributed by atoms with E-state index in [2.05, 4.69) is 9.63 Å². The molecule has 0 aliphatic heterocycles. The molecule has 20 heavy (non-hydrogen) atoms. The van der Waals surface area contributed by atoms with Crippen molar-refractivity contribution in [3.63, 3.8) is 0 Å². The largest absolute Gasteiger partial charge is 1.00 e. The van der Waals surface area contributed by atoms with E-state index in [0.717, 1.165) is 12.7 Å². The van der Waals surface area contributed by atoms with Gasteiger partial charge < -0.3 is 9.42 Å². The molecule has 1 aromatic carbocycles. The van der Waals surface area contributed by atoms with Crippen LogP contribution in [0.25, 0.3) is 0 Å². The van der Waals surface area contributed by atoms with Gasteiger partial charge in [-0.3, -0.25) is 4.57 Å². The fourth-order valence-electron chi connectivity index (χ4n) is 1.09. The minimum atomic E-state index is -4.03. The standard InChI is InChI=1S/C10H15N2O5PS.Na/c1-8-4-6-10(7-5-8)19(15,16)12-11-9(2)18(13,14)17-3;/h4-7,12H,1-3H3,(H,13,14);/q;+1/b11-9+;. The molecule has 0 saturated heterocycles. The molecule has 0 aliphatic rings. The van der Waals surface area contributed by atoms with Crippen LogP contribution in [0, 0.1) is 6.92 Å². The molecular weight excluding hydrogens is 314 g/mol. The van der Waals surface area contributed by atoms with Crippen LogP contribution in [-0.2, 0) is 19.1 Å². The van der Waals surface area contributed by atoms with E-state index in [0.29, 0.717) is 0 Å². The summed E-state index contributed by atoms with van der Waals surface area (Å²) in [6.07, 6.45) is 0. The quantitative estimate of drug-likeness (QED) is 0.294. The van der Waals surface area contributed by atoms with Crippen LogP contribution in [0.4, 0.5) is 0 Å². The summed E-state index contributed by atoms with van der Waals surface area (Å²) in [5.74, 6) is 0. The number of aryl methyl sites for hydroxylation is 1. The van der Waals surface area contributed by atoms with Crippen molar-refractivity contribution < 1.29 is 52.0 Å². The van der Waals surface area contributed by atoms with Crippen molar-refractivity contribution in [1.82, 2.24) is 4.83 Å². The molecule has 1 unspecified atom stereocenters. The Morgan fingerprint density at radius 1 is 1.35 bits per heavy atom. The molecule has 0 fully saturated rings. The number of benzene rings is 1. The first-order chi connectivity index (χ1) is 8.69. The zero-order valence-corrected chi connectivity index (χ0v) is 15.4. The Morgan fingerprint density at radius 2 is 1.85 bits per heavy atom. The molecular formula is C10H15N2NaO5PS+. The first kappa shape index (κ1) is 19.8. The smallest absolute Gasteiger partial charge is 0.320 e. The van der Waals surface area contributed by atoms with Crippen molar-refractivity contribution in [2.45, 2.75) is 18.7 Å². The summed E-state index contributed by atoms with van der Waals surface area (Å²) in [7, 11) is -6.86. The van der Waals surface area contributed by atoms with Gasteiger partial charge in [0.25, 0.3) is 10.0 Å². The molecule has 1 aromatic rings. The summed E-state index contributed by atoms with van der Waals surface area (Å²) < 4.78 is 39.3. The van der Waals surface area contributed by atoms with E-state index in [-0.39, 0.29) is 39.9 Å². The Morgan fingerprint density at radius 3 is 2.30 bits per heavy atom. The predicted molar refractivity (Wildman–Crippen MR) is 71.4 cm³/mol. The fourth-order valence-corrected chi connectivity index (χ4v) is 2.46. The summed E-state index contributed by atoms with van der Waals surface area (Å²) in [5.41, 5.74) is 0.573. The van der Waals surface area contributed by atoms with Crippen molar-refractivity contribution in [3.05, 3.63) is 29.8 Å². The maximum Gasteiger partial charge on any atom is 1.00 e. The molecule has 0 bridgehead atoms. The van der Waals surface area contributed by atoms with Gasteiger partial charge in [-0.25, -0.2) is 0 Å². The SMILES string of the molecule is COP(=O)(O)/C(C)=N/NS(=O)(=O)c1ccc(C)cc1.[Na+]. The second-order valence-corrected chi connectivity index (χ2v) is 7.48. The van der Waals surface area contributed by atoms with Crippen LogP contribution in [0.3, 0.4) is 0 Å². The molecule has 0 aliphatic carbocycles. The van der Waals surface area contributed by atoms with Gasteiger partial charge in [0.1, 0.15) is 5.45 Å². The van der Waals surface area contributed by atoms with Crippen molar-refractivity contribution in [2.75, 3.05) is 7.11 Å². The average molecular weight is 329 g/mol. The summed E-state index contributed by atoms with van der Waals surface area (Å²) >= 11 is 0. The molecule has 2 N–H and O–H groups in total. The van der Waals surface area contributed by atoms with Crippen LogP contribution in [0.1, 0.15) is 12.5 Å². The molecule has 106 valence electrons. The average Bonchev–Trinajstić information content (AvgIpc) is 2.36. The maximum absolute atomic E-state index is 11.8. The summed E-state index contributed by atoms with van der Waals surface area (Å²) in [6.45, 7) is 3.02. The van der Waals surface area contributed by atoms with Crippen LogP contribution in [0.5, 0.6) is 0 Å². The van der Waals surface area contributed by atoms with Gasteiger partial charge in [0.15, 0.2) is 0 Å². The van der Waals surface area contributed by atoms with Gasteiger partial charge in [0.2, 0.25) is 0 Å². The first-order valence-corrected chi connectivity index (χ1v) is 8.27. The number of nitrogens with zero attached hydrogens (tertiary/aromatic N) is 1. The minimum absolute atomic E-state index is 0. The van der Waals surface area contributed by atoms with Gasteiger partial charge in [-0.1, -0.05) is 17.7 Å². The number of hydrazone groups is 1. The van der Waals surface area contributed by atoms with E-state index in [4.69, 9.17) is 0 Å². The van der Waals surface area contributed by atoms with Crippen molar-refractivity contribution in [3.8, 4) is 0 Å². The molecule has 0 saturated carbocycles. The summed E-state index contributed by atoms with van der Waals surface area (Å²) in [4.78, 5) is 11.2. The first-order valence-electron chi connectivity index (χ1n) is 5.21. The zero-order valence-electron chi connectivity index (χ0n) is 11.7. The Labute approximate surface area is 140 Å². The van der Waals surface area contributed by atoms with Crippen LogP contribution >= 0.6 is 7.60 Å². The van der Waals surface area contributed by atoms with Gasteiger partial charge in [-0.2, -0.15) is 18.4 Å². The number of hydrogen-bond acceptors (Lipinski definition) is 5. The molecule has 0 aromatic heterocycles. The molecule has 0 radical (unpaired) electrons. The number of rotatable bonds is 5. The number of sulfonamides is 1. The Bertz CT molecular complexity index is 630. The topological polar surface area (TPSA) is 105 Å². The van der Waals surface area contributed by atoms with E-state index in [1.807, 2.05) is 11.8 Å². The third-order valence-corrected chi connectivity index (χ3v) is 4.95. The molecule has 1 atom stereocenters. The molecule has 10 heteroatoms. The Balaban J connectivity index is 0.00000361. The Hall–Kier alpha value is -0.210. The van der Waals surface area contributed by atoms with E-state index < -0.39 is 17.6 Å². The number of hydrogen-bond donors (Lipinski definition) is 2. The molecule has 0 spiro atoms. The second kappa shape index (κ2) is 7.70. The van der Waals surface area contributed by atoms with Gasteiger partial charge in [-0.15, -0.1) is 0 Å². The normalized spacial score (nSPS) is 15.1. The van der Waals surface area contributed by atoms with E-state index in [9.17, 15) is 17.9 Å². The van der Waals surface area contributed by atoms with Crippen LogP contribution in [0.15, 0.2) is 34.3 Å². The van der Waals surface area contributed by atoms with E-state index >= 15 is 0 Å². The van der Waals surface area contributed by atoms with E-state index in [1.165, 1.54) is 19.1 Å². The monoisotopic (exact) mass is 329 g/mol. The van der Waals surface area contributed by atoms with Crippen LogP contribution in [0.2, 0.25) is 0 Å². The van der Waals surface area contributed by atoms with Crippen LogP contribution < -0.4 is 34.4 Å². The van der Waals surface area contributed by atoms with Crippen molar-refractivity contribution >= 4 is 23.1 Å². The fraction of sp³-hybridized carbons (Fsp3) is 0.300. The third-order valence-electron chi connectivity index (χ3n) is 2.32. The van der Waals surface area contributed by atoms with Crippen molar-refractivity contribution in [2.24, 2.45) is 5.10 Å².